The van der Waals surface area contributed by atoms with Crippen LogP contribution in [-0.4, -0.2) is 197 Å². The van der Waals surface area contributed by atoms with Gasteiger partial charge in [0, 0.05) is 77.2 Å². The highest BCUT2D eigenvalue weighted by molar-refractivity contribution is 7.99. The summed E-state index contributed by atoms with van der Waals surface area (Å²) in [7, 11) is 2.56. The summed E-state index contributed by atoms with van der Waals surface area (Å²) >= 11 is 0. The number of benzene rings is 9. The predicted molar refractivity (Wildman–Crippen MR) is 604 cm³/mol. The summed E-state index contributed by atoms with van der Waals surface area (Å²) in [5.41, 5.74) is 4.37. The van der Waals surface area contributed by atoms with E-state index in [2.05, 4.69) is 126 Å². The molecule has 9 nitrogen and oxygen atoms in total. The molecule has 8 fully saturated rings. The minimum atomic E-state index is 0.217. The van der Waals surface area contributed by atoms with E-state index in [0.29, 0.717) is 127 Å². The minimum absolute atomic E-state index is 0.217. The fraction of sp³-hybridized carbons (Fsp3) is 0.542. The lowest BCUT2D eigenvalue weighted by atomic mass is 9.99. The predicted octanol–water partition coefficient (Wildman–Crippen LogP) is 26.4. The second-order valence-corrected chi connectivity index (χ2v) is 57.1. The number of carbonyl (C=O) groups excluding carboxylic acids is 8. The van der Waals surface area contributed by atoms with Crippen molar-refractivity contribution in [3.63, 3.8) is 0 Å². The van der Waals surface area contributed by atoms with Crippen LogP contribution in [0.15, 0.2) is 200 Å². The van der Waals surface area contributed by atoms with Crippen LogP contribution in [0.1, 0.15) is 298 Å². The number of hydrogen-bond donors (Lipinski definition) is 0. The molecule has 0 bridgehead atoms. The molecule has 0 radical (unpaired) electrons. The number of ether oxygens (including phenoxy) is 1. The lowest BCUT2D eigenvalue weighted by Gasteiger charge is -2.27. The summed E-state index contributed by atoms with van der Waals surface area (Å²) < 4.78 is 5.34. The second kappa shape index (κ2) is 63.1. The van der Waals surface area contributed by atoms with Crippen LogP contribution in [-0.2, 0) is 106 Å². The van der Waals surface area contributed by atoms with Crippen molar-refractivity contribution < 1.29 is 43.1 Å². The third-order valence-electron chi connectivity index (χ3n) is 27.6. The van der Waals surface area contributed by atoms with Crippen LogP contribution in [0.2, 0.25) is 0 Å². The molecule has 5 aliphatic carbocycles. The van der Waals surface area contributed by atoms with Crippen molar-refractivity contribution in [2.24, 2.45) is 0 Å². The third kappa shape index (κ3) is 38.8. The van der Waals surface area contributed by atoms with Gasteiger partial charge in [-0.3, -0.25) is 38.4 Å². The van der Waals surface area contributed by atoms with Gasteiger partial charge in [0.1, 0.15) is 68.0 Å². The smallest absolute Gasteiger partial charge is 0.211 e. The Labute approximate surface area is 837 Å². The van der Waals surface area contributed by atoms with Crippen LogP contribution in [0.4, 0.5) is 0 Å². The Bertz CT molecular complexity index is 4920. The molecule has 5 saturated carbocycles. The Hall–Kier alpha value is -5.86. The summed E-state index contributed by atoms with van der Waals surface area (Å²) in [6, 6.07) is 66.9. The van der Waals surface area contributed by atoms with Gasteiger partial charge in [0.25, 0.3) is 0 Å². The first-order valence-electron chi connectivity index (χ1n) is 51.7. The van der Waals surface area contributed by atoms with Gasteiger partial charge in [0.05, 0.1) is 38.2 Å². The third-order valence-corrected chi connectivity index (χ3v) is 46.8. The van der Waals surface area contributed by atoms with E-state index in [4.69, 9.17) is 4.74 Å². The number of fused-ring (bicyclic) bond motifs is 4. The summed E-state index contributed by atoms with van der Waals surface area (Å²) in [6.45, 7) is 10.5. The molecule has 0 spiro atoms. The maximum Gasteiger partial charge on any atom is 0.211 e. The monoisotopic (exact) mass is 1980 g/mol. The van der Waals surface area contributed by atoms with Crippen LogP contribution in [0.3, 0.4) is 0 Å². The molecule has 135 heavy (non-hydrogen) atoms. The summed E-state index contributed by atoms with van der Waals surface area (Å²) in [6.07, 6.45) is 51.6. The van der Waals surface area contributed by atoms with Gasteiger partial charge < -0.3 is 4.74 Å². The van der Waals surface area contributed by atoms with Gasteiger partial charge in [0.15, 0.2) is 61.9 Å². The quantitative estimate of drug-likeness (QED) is 0.0297. The summed E-state index contributed by atoms with van der Waals surface area (Å²) in [4.78, 5) is 96.7. The van der Waals surface area contributed by atoms with E-state index < -0.39 is 0 Å². The van der Waals surface area contributed by atoms with Crippen LogP contribution < -0.4 is 0 Å². The van der Waals surface area contributed by atoms with Gasteiger partial charge in [-0.05, 0) is 291 Å². The maximum atomic E-state index is 12.6. The fourth-order valence-electron chi connectivity index (χ4n) is 19.2. The number of ketones is 8. The van der Waals surface area contributed by atoms with Gasteiger partial charge in [-0.2, -0.15) is 0 Å². The highest BCUT2D eigenvalue weighted by Crippen LogP contribution is 2.35. The van der Waals surface area contributed by atoms with Gasteiger partial charge in [-0.15, -0.1) is 0 Å². The Morgan fingerprint density at radius 2 is 0.563 bits per heavy atom. The first kappa shape index (κ1) is 111. The van der Waals surface area contributed by atoms with Crippen molar-refractivity contribution in [1.29, 1.82) is 0 Å². The Morgan fingerprint density at radius 3 is 0.881 bits per heavy atom. The standard InChI is InChI=1S/C20H27OS.C17H19OS.C16H17O2S.C16H17OS.C16H25OS.C13H23OS.C12H21OS.C8H15OS/c1-3-5-13-22(14-6-4-2)16-20(21)19-12-11-17-9-7-8-10-18(17)15-19;18-17(13-19-10-4-1-5-11-19)16-9-8-14-6-2-3-7-15(14)12-16;17-16(12-19-9-7-18-8-10-19)15-6-5-13-3-1-2-4-14(13)11-15;17-16(12-18-9-3-4-10-18)15-8-7-13-5-1-2-6-14(13)11-15;1-3-5-12-18(13-6-4-2)14-16(17)15-10-8-7-9-11-15;1-15(11-7-3-2-4-8-11)13-10-6-5-9-12(13)14;1-14(10-6-2-3-7-10)12-9-5-4-8-11(12)13;1-10(2)8-6-4-3-5-7(8)9/h7-12,15H,3-6,13-14,16H2,1-2H3;2-3,6-9,12H,1,4-5,10-11,13H2;1-6,11H,7-10,12H2;1-2,5-8,11H,3-4,9-10,12H2;7-11H,3-6,12-14H2,1-2H3;11,13H,2-10H2,1H3;10,12H,2-9H2,1H3;8H,3-6H2,1-2H3/q8*+1. The van der Waals surface area contributed by atoms with Crippen molar-refractivity contribution in [3.8, 4) is 0 Å². The van der Waals surface area contributed by atoms with E-state index in [1.165, 1.54) is 246 Å². The molecular weight excluding hydrogens is 1820 g/mol. The molecule has 5 atom stereocenters. The van der Waals surface area contributed by atoms with Crippen LogP contribution >= 0.6 is 0 Å². The van der Waals surface area contributed by atoms with Crippen molar-refractivity contribution in [2.45, 2.75) is 272 Å². The molecule has 730 valence electrons. The topological polar surface area (TPSA) is 146 Å². The largest absolute Gasteiger partial charge is 0.372 e. The van der Waals surface area contributed by atoms with E-state index in [-0.39, 0.29) is 27.6 Å². The molecule has 3 aliphatic heterocycles. The average molecular weight is 1980 g/mol. The zero-order chi connectivity index (χ0) is 95.7. The molecule has 0 aromatic heterocycles. The lowest BCUT2D eigenvalue weighted by molar-refractivity contribution is -0.120. The van der Waals surface area contributed by atoms with Crippen molar-refractivity contribution >= 4 is 177 Å². The SMILES string of the molecule is CCCC[S+](CCCC)CC(=O)c1ccc2ccccc2c1.CCCC[S+](CCCC)CC(=O)c1ccccc1.C[S+](C)C1CCCCC1=O.C[S+](C1CCCC1)C1CCCCC1=O.C[S+](C1CCCCC1)C1CCCCC1=O.O=C(C[S+]1CCCC1)c1ccc2ccccc2c1.O=C(C[S+]1CCCCC1)c1ccc2ccccc2c1.O=C(C[S+]1CCOCC1)c1ccc2ccccc2c1. The van der Waals surface area contributed by atoms with E-state index in [1.807, 2.05) is 127 Å². The molecule has 9 aromatic rings. The molecule has 5 unspecified atom stereocenters. The van der Waals surface area contributed by atoms with Crippen molar-refractivity contribution in [1.82, 2.24) is 0 Å². The fourth-order valence-corrected chi connectivity index (χ4v) is 36.8. The minimum Gasteiger partial charge on any atom is -0.372 e. The molecule has 0 amide bonds. The second-order valence-electron chi connectivity index (χ2n) is 38.2. The number of rotatable bonds is 32. The molecule has 9 aromatic carbocycles. The zero-order valence-electron chi connectivity index (χ0n) is 83.4. The first-order valence-corrected chi connectivity index (χ1v) is 65.9. The van der Waals surface area contributed by atoms with Gasteiger partial charge in [0.2, 0.25) is 28.9 Å². The van der Waals surface area contributed by atoms with Crippen LogP contribution in [0, 0.1) is 0 Å². The number of Topliss-reactive ketones (excluding diaryl/α,β-unsaturated/α-hetero) is 8. The number of carbonyl (C=O) groups is 8. The zero-order valence-corrected chi connectivity index (χ0v) is 90.0. The van der Waals surface area contributed by atoms with Gasteiger partial charge >= 0.3 is 0 Å². The van der Waals surface area contributed by atoms with Gasteiger partial charge in [-0.25, -0.2) is 0 Å². The van der Waals surface area contributed by atoms with E-state index >= 15 is 0 Å². The maximum absolute atomic E-state index is 12.6. The van der Waals surface area contributed by atoms with Gasteiger partial charge in [-0.1, -0.05) is 236 Å². The van der Waals surface area contributed by atoms with E-state index in [1.54, 1.807) is 0 Å². The summed E-state index contributed by atoms with van der Waals surface area (Å²) in [5, 5.41) is 12.5. The molecule has 8 aliphatic rings. The molecular formula is C118H164O9S8+8. The Kier molecular flexibility index (Phi) is 52.0. The van der Waals surface area contributed by atoms with Crippen LogP contribution in [0.25, 0.3) is 43.1 Å². The number of hydrogen-bond acceptors (Lipinski definition) is 9. The van der Waals surface area contributed by atoms with E-state index in [9.17, 15) is 38.4 Å². The highest BCUT2D eigenvalue weighted by Gasteiger charge is 2.43. The Balaban J connectivity index is 0.000000161. The lowest BCUT2D eigenvalue weighted by Crippen LogP contribution is -2.39. The van der Waals surface area contributed by atoms with Crippen molar-refractivity contribution in [2.75, 3.05) is 125 Å². The molecule has 3 heterocycles. The van der Waals surface area contributed by atoms with Crippen molar-refractivity contribution in [3.05, 3.63) is 228 Å². The number of unbranched alkanes of at least 4 members (excludes halogenated alkanes) is 4. The first-order chi connectivity index (χ1) is 65.8. The highest BCUT2D eigenvalue weighted by atomic mass is 32.2. The molecule has 17 rings (SSSR count). The average Bonchev–Trinajstić information content (AvgIpc) is 1.78. The Morgan fingerprint density at radius 1 is 0.289 bits per heavy atom. The molecule has 0 N–H and O–H groups in total. The normalized spacial score (nSPS) is 19.0. The van der Waals surface area contributed by atoms with E-state index in [0.717, 1.165) is 147 Å². The summed E-state index contributed by atoms with van der Waals surface area (Å²) in [5.74, 6) is 19.0. The van der Waals surface area contributed by atoms with Crippen LogP contribution in [0.5, 0.6) is 0 Å². The molecule has 3 saturated heterocycles. The molecule has 17 heteroatoms.